The Labute approximate surface area is 166 Å². The zero-order valence-electron chi connectivity index (χ0n) is 15.6. The predicted octanol–water partition coefficient (Wildman–Crippen LogP) is 4.17. The number of anilines is 1. The Morgan fingerprint density at radius 2 is 1.97 bits per heavy atom. The second-order valence-electron chi connectivity index (χ2n) is 6.30. The van der Waals surface area contributed by atoms with E-state index in [1.165, 1.54) is 31.4 Å². The molecule has 0 aliphatic carbocycles. The number of rotatable bonds is 6. The average molecular weight is 391 g/mol. The van der Waals surface area contributed by atoms with E-state index < -0.39 is 0 Å². The van der Waals surface area contributed by atoms with Gasteiger partial charge in [0.2, 0.25) is 0 Å². The minimum atomic E-state index is -0.365. The molecule has 4 aromatic rings. The van der Waals surface area contributed by atoms with Crippen LogP contribution in [0.5, 0.6) is 11.5 Å². The van der Waals surface area contributed by atoms with Crippen molar-refractivity contribution >= 4 is 17.2 Å². The molecule has 0 bridgehead atoms. The summed E-state index contributed by atoms with van der Waals surface area (Å²) in [5.41, 5.74) is 2.95. The molecule has 0 radical (unpaired) electrons. The molecule has 29 heavy (non-hydrogen) atoms. The van der Waals surface area contributed by atoms with Crippen LogP contribution in [0.4, 0.5) is 10.1 Å². The number of halogens is 1. The average Bonchev–Trinajstić information content (AvgIpc) is 3.17. The fraction of sp³-hybridized carbons (Fsp3) is 0.0909. The highest BCUT2D eigenvalue weighted by atomic mass is 19.1. The molecule has 0 spiro atoms. The molecule has 1 amide bonds. The number of carbonyl (C=O) groups is 1. The third-order valence-corrected chi connectivity index (χ3v) is 4.32. The zero-order valence-corrected chi connectivity index (χ0v) is 15.6. The largest absolute Gasteiger partial charge is 0.495 e. The highest BCUT2D eigenvalue weighted by Gasteiger charge is 2.12. The first-order valence-corrected chi connectivity index (χ1v) is 8.93. The van der Waals surface area contributed by atoms with Gasteiger partial charge in [-0.3, -0.25) is 4.79 Å². The molecular formula is C22H18FN3O3. The molecule has 2 aromatic carbocycles. The fourth-order valence-corrected chi connectivity index (χ4v) is 2.90. The van der Waals surface area contributed by atoms with E-state index in [9.17, 15) is 9.18 Å². The third-order valence-electron chi connectivity index (χ3n) is 4.32. The Morgan fingerprint density at radius 1 is 1.14 bits per heavy atom. The van der Waals surface area contributed by atoms with Crippen molar-refractivity contribution in [3.8, 4) is 22.8 Å². The van der Waals surface area contributed by atoms with Gasteiger partial charge < -0.3 is 19.2 Å². The van der Waals surface area contributed by atoms with Gasteiger partial charge in [-0.25, -0.2) is 9.37 Å². The highest BCUT2D eigenvalue weighted by molar-refractivity contribution is 5.94. The SMILES string of the molecule is COc1ccc(-c2cn3ccccc3n2)cc1NC(=O)COc1ccc(F)cc1. The molecule has 0 aliphatic rings. The number of carbonyl (C=O) groups excluding carboxylic acids is 1. The van der Waals surface area contributed by atoms with Crippen molar-refractivity contribution < 1.29 is 18.7 Å². The van der Waals surface area contributed by atoms with Gasteiger partial charge in [-0.1, -0.05) is 6.07 Å². The van der Waals surface area contributed by atoms with E-state index in [0.29, 0.717) is 17.2 Å². The first-order chi connectivity index (χ1) is 14.1. The molecule has 1 N–H and O–H groups in total. The summed E-state index contributed by atoms with van der Waals surface area (Å²) < 4.78 is 25.6. The zero-order chi connectivity index (χ0) is 20.2. The van der Waals surface area contributed by atoms with Crippen molar-refractivity contribution in [1.82, 2.24) is 9.38 Å². The Hall–Kier alpha value is -3.87. The maximum atomic E-state index is 12.9. The van der Waals surface area contributed by atoms with Crippen LogP contribution >= 0.6 is 0 Å². The van der Waals surface area contributed by atoms with E-state index in [4.69, 9.17) is 9.47 Å². The molecule has 2 heterocycles. The van der Waals surface area contributed by atoms with Gasteiger partial charge in [-0.2, -0.15) is 0 Å². The van der Waals surface area contributed by atoms with Crippen molar-refractivity contribution in [2.75, 3.05) is 19.0 Å². The van der Waals surface area contributed by atoms with E-state index in [0.717, 1.165) is 16.9 Å². The molecule has 0 fully saturated rings. The van der Waals surface area contributed by atoms with Gasteiger partial charge in [-0.15, -0.1) is 0 Å². The summed E-state index contributed by atoms with van der Waals surface area (Å²) in [6, 6.07) is 16.7. The maximum absolute atomic E-state index is 12.9. The Bertz CT molecular complexity index is 1120. The number of amides is 1. The molecule has 6 nitrogen and oxygen atoms in total. The van der Waals surface area contributed by atoms with Crippen LogP contribution in [-0.2, 0) is 4.79 Å². The third kappa shape index (κ3) is 4.19. The monoisotopic (exact) mass is 391 g/mol. The summed E-state index contributed by atoms with van der Waals surface area (Å²) in [6.07, 6.45) is 3.84. The summed E-state index contributed by atoms with van der Waals surface area (Å²) >= 11 is 0. The Kier molecular flexibility index (Phi) is 5.11. The molecule has 4 rings (SSSR count). The second kappa shape index (κ2) is 8.02. The molecule has 2 aromatic heterocycles. The van der Waals surface area contributed by atoms with Crippen LogP contribution in [0.3, 0.4) is 0 Å². The second-order valence-corrected chi connectivity index (χ2v) is 6.30. The number of methoxy groups -OCH3 is 1. The fourth-order valence-electron chi connectivity index (χ4n) is 2.90. The quantitative estimate of drug-likeness (QED) is 0.536. The Morgan fingerprint density at radius 3 is 2.72 bits per heavy atom. The molecule has 0 saturated carbocycles. The van der Waals surface area contributed by atoms with Gasteiger partial charge in [0, 0.05) is 18.0 Å². The summed E-state index contributed by atoms with van der Waals surface area (Å²) in [7, 11) is 1.53. The molecular weight excluding hydrogens is 373 g/mol. The summed E-state index contributed by atoms with van der Waals surface area (Å²) in [5.74, 6) is 0.203. The molecule has 7 heteroatoms. The highest BCUT2D eigenvalue weighted by Crippen LogP contribution is 2.30. The number of nitrogens with one attached hydrogen (secondary N) is 1. The number of fused-ring (bicyclic) bond motifs is 1. The Balaban J connectivity index is 1.51. The van der Waals surface area contributed by atoms with E-state index >= 15 is 0 Å². The minimum absolute atomic E-state index is 0.215. The maximum Gasteiger partial charge on any atom is 0.262 e. The van der Waals surface area contributed by atoms with Crippen molar-refractivity contribution in [3.63, 3.8) is 0 Å². The summed E-state index contributed by atoms with van der Waals surface area (Å²) in [5, 5.41) is 2.79. The van der Waals surface area contributed by atoms with Crippen LogP contribution in [0.2, 0.25) is 0 Å². The van der Waals surface area contributed by atoms with E-state index in [1.807, 2.05) is 41.1 Å². The minimum Gasteiger partial charge on any atom is -0.495 e. The number of hydrogen-bond acceptors (Lipinski definition) is 4. The van der Waals surface area contributed by atoms with Crippen LogP contribution in [0.25, 0.3) is 16.9 Å². The lowest BCUT2D eigenvalue weighted by Gasteiger charge is -2.12. The van der Waals surface area contributed by atoms with Gasteiger partial charge in [-0.05, 0) is 54.6 Å². The van der Waals surface area contributed by atoms with Gasteiger partial charge >= 0.3 is 0 Å². The van der Waals surface area contributed by atoms with Crippen LogP contribution in [0.15, 0.2) is 73.1 Å². The predicted molar refractivity (Wildman–Crippen MR) is 108 cm³/mol. The first kappa shape index (κ1) is 18.5. The number of pyridine rings is 1. The molecule has 0 unspecified atom stereocenters. The number of aromatic nitrogens is 2. The number of benzene rings is 2. The van der Waals surface area contributed by atoms with Crippen molar-refractivity contribution in [3.05, 3.63) is 78.9 Å². The molecule has 0 aliphatic heterocycles. The van der Waals surface area contributed by atoms with Gasteiger partial charge in [0.25, 0.3) is 5.91 Å². The summed E-state index contributed by atoms with van der Waals surface area (Å²) in [4.78, 5) is 16.9. The molecule has 0 saturated heterocycles. The number of ether oxygens (including phenoxy) is 2. The normalized spacial score (nSPS) is 10.7. The van der Waals surface area contributed by atoms with Crippen LogP contribution < -0.4 is 14.8 Å². The van der Waals surface area contributed by atoms with Crippen molar-refractivity contribution in [1.29, 1.82) is 0 Å². The lowest BCUT2D eigenvalue weighted by molar-refractivity contribution is -0.118. The number of imidazole rings is 1. The topological polar surface area (TPSA) is 64.9 Å². The van der Waals surface area contributed by atoms with E-state index in [1.54, 1.807) is 12.1 Å². The van der Waals surface area contributed by atoms with Crippen molar-refractivity contribution in [2.45, 2.75) is 0 Å². The van der Waals surface area contributed by atoms with Crippen LogP contribution in [0, 0.1) is 5.82 Å². The van der Waals surface area contributed by atoms with Crippen LogP contribution in [-0.4, -0.2) is 29.0 Å². The lowest BCUT2D eigenvalue weighted by atomic mass is 10.1. The molecule has 146 valence electrons. The first-order valence-electron chi connectivity index (χ1n) is 8.93. The number of nitrogens with zero attached hydrogens (tertiary/aromatic N) is 2. The van der Waals surface area contributed by atoms with Crippen LogP contribution in [0.1, 0.15) is 0 Å². The van der Waals surface area contributed by atoms with Gasteiger partial charge in [0.05, 0.1) is 18.5 Å². The number of hydrogen-bond donors (Lipinski definition) is 1. The van der Waals surface area contributed by atoms with Crippen molar-refractivity contribution in [2.24, 2.45) is 0 Å². The lowest BCUT2D eigenvalue weighted by Crippen LogP contribution is -2.20. The van der Waals surface area contributed by atoms with E-state index in [2.05, 4.69) is 10.3 Å². The van der Waals surface area contributed by atoms with E-state index in [-0.39, 0.29) is 18.3 Å². The van der Waals surface area contributed by atoms with Gasteiger partial charge in [0.1, 0.15) is 23.0 Å². The smallest absolute Gasteiger partial charge is 0.262 e. The molecule has 0 atom stereocenters. The summed E-state index contributed by atoms with van der Waals surface area (Å²) in [6.45, 7) is -0.215. The standard InChI is InChI=1S/C22H18FN3O3/c1-28-20-10-5-15(19-13-26-11-3-2-4-21(26)24-19)12-18(20)25-22(27)14-29-17-8-6-16(23)7-9-17/h2-13H,14H2,1H3,(H,25,27). The van der Waals surface area contributed by atoms with Gasteiger partial charge in [0.15, 0.2) is 6.61 Å².